The van der Waals surface area contributed by atoms with Crippen molar-refractivity contribution in [2.24, 2.45) is 10.9 Å². The van der Waals surface area contributed by atoms with Gasteiger partial charge in [0.2, 0.25) is 5.91 Å². The van der Waals surface area contributed by atoms with Crippen LogP contribution in [0.25, 0.3) is 0 Å². The number of aliphatic imine (C=N–C) groups is 1. The lowest BCUT2D eigenvalue weighted by Crippen LogP contribution is -2.45. The molecule has 2 fully saturated rings. The average molecular weight is 500 g/mol. The molecule has 7 heteroatoms. The molecular formula is C21H33IN4O2. The van der Waals surface area contributed by atoms with Crippen molar-refractivity contribution < 1.29 is 9.53 Å². The van der Waals surface area contributed by atoms with Gasteiger partial charge in [-0.3, -0.25) is 9.79 Å². The number of nitrogens with zero attached hydrogens (tertiary/aromatic N) is 2. The molecule has 1 saturated carbocycles. The standard InChI is InChI=1S/C21H32N4O2.HI/c1-22-21(23-13-16-7-9-17(10-8-16)15-27-2)24-19-11-12-25(14-19)20(26)18-5-3-4-6-18;/h7-10,18-19H,3-6,11-15H2,1-2H3,(H2,22,23,24);1H. The fraction of sp³-hybridized carbons (Fsp3) is 0.619. The van der Waals surface area contributed by atoms with Crippen molar-refractivity contribution in [1.82, 2.24) is 15.5 Å². The Labute approximate surface area is 185 Å². The molecule has 3 rings (SSSR count). The van der Waals surface area contributed by atoms with Crippen LogP contribution in [0, 0.1) is 5.92 Å². The number of nitrogens with one attached hydrogen (secondary N) is 2. The van der Waals surface area contributed by atoms with E-state index in [0.29, 0.717) is 19.1 Å². The highest BCUT2D eigenvalue weighted by Crippen LogP contribution is 2.27. The number of likely N-dealkylation sites (tertiary alicyclic amines) is 1. The number of halogens is 1. The molecule has 0 spiro atoms. The van der Waals surface area contributed by atoms with E-state index in [1.54, 1.807) is 14.2 Å². The lowest BCUT2D eigenvalue weighted by atomic mass is 10.1. The smallest absolute Gasteiger partial charge is 0.225 e. The molecule has 1 atom stereocenters. The SMILES string of the molecule is CN=C(NCc1ccc(COC)cc1)NC1CCN(C(=O)C2CCCC2)C1.I. The molecule has 1 aromatic rings. The van der Waals surface area contributed by atoms with E-state index >= 15 is 0 Å². The fourth-order valence-corrected chi connectivity index (χ4v) is 4.00. The number of benzene rings is 1. The van der Waals surface area contributed by atoms with Crippen molar-refractivity contribution in [3.05, 3.63) is 35.4 Å². The molecular weight excluding hydrogens is 467 g/mol. The van der Waals surface area contributed by atoms with E-state index in [9.17, 15) is 4.79 Å². The molecule has 1 amide bonds. The number of carbonyl (C=O) groups excluding carboxylic acids is 1. The van der Waals surface area contributed by atoms with Crippen LogP contribution in [-0.4, -0.2) is 50.1 Å². The Bertz CT molecular complexity index is 644. The first-order chi connectivity index (χ1) is 13.2. The van der Waals surface area contributed by atoms with Gasteiger partial charge in [0.1, 0.15) is 0 Å². The molecule has 0 aromatic heterocycles. The number of guanidine groups is 1. The average Bonchev–Trinajstić information content (AvgIpc) is 3.38. The van der Waals surface area contributed by atoms with Gasteiger partial charge in [0.25, 0.3) is 0 Å². The van der Waals surface area contributed by atoms with Gasteiger partial charge >= 0.3 is 0 Å². The molecule has 28 heavy (non-hydrogen) atoms. The second-order valence-corrected chi connectivity index (χ2v) is 7.57. The van der Waals surface area contributed by atoms with Crippen LogP contribution in [0.3, 0.4) is 0 Å². The Morgan fingerprint density at radius 2 is 1.86 bits per heavy atom. The van der Waals surface area contributed by atoms with Crippen LogP contribution >= 0.6 is 24.0 Å². The Hall–Kier alpha value is -1.35. The Morgan fingerprint density at radius 1 is 1.18 bits per heavy atom. The first-order valence-electron chi connectivity index (χ1n) is 10.0. The van der Waals surface area contributed by atoms with Crippen molar-refractivity contribution >= 4 is 35.8 Å². The molecule has 1 heterocycles. The number of hydrogen-bond donors (Lipinski definition) is 2. The number of amides is 1. The lowest BCUT2D eigenvalue weighted by Gasteiger charge is -2.21. The van der Waals surface area contributed by atoms with Crippen molar-refractivity contribution in [2.45, 2.75) is 51.3 Å². The lowest BCUT2D eigenvalue weighted by molar-refractivity contribution is -0.134. The zero-order chi connectivity index (χ0) is 19.1. The van der Waals surface area contributed by atoms with E-state index in [2.05, 4.69) is 39.9 Å². The molecule has 1 aliphatic carbocycles. The molecule has 0 radical (unpaired) electrons. The summed E-state index contributed by atoms with van der Waals surface area (Å²) in [5.74, 6) is 1.41. The van der Waals surface area contributed by atoms with Crippen molar-refractivity contribution in [3.8, 4) is 0 Å². The van der Waals surface area contributed by atoms with Crippen molar-refractivity contribution in [2.75, 3.05) is 27.2 Å². The van der Waals surface area contributed by atoms with Gasteiger partial charge in [0.05, 0.1) is 6.61 Å². The van der Waals surface area contributed by atoms with Crippen LogP contribution in [-0.2, 0) is 22.7 Å². The zero-order valence-electron chi connectivity index (χ0n) is 16.9. The van der Waals surface area contributed by atoms with E-state index in [1.165, 1.54) is 24.0 Å². The minimum absolute atomic E-state index is 0. The van der Waals surface area contributed by atoms with Gasteiger partial charge in [-0.25, -0.2) is 0 Å². The number of rotatable bonds is 6. The van der Waals surface area contributed by atoms with Gasteiger partial charge in [0.15, 0.2) is 5.96 Å². The Balaban J connectivity index is 0.00000280. The van der Waals surface area contributed by atoms with Crippen LogP contribution in [0.15, 0.2) is 29.3 Å². The van der Waals surface area contributed by atoms with Gasteiger partial charge in [0, 0.05) is 45.8 Å². The number of hydrogen-bond acceptors (Lipinski definition) is 3. The highest BCUT2D eigenvalue weighted by Gasteiger charge is 2.32. The van der Waals surface area contributed by atoms with Gasteiger partial charge in [-0.15, -0.1) is 24.0 Å². The Morgan fingerprint density at radius 3 is 2.50 bits per heavy atom. The largest absolute Gasteiger partial charge is 0.380 e. The van der Waals surface area contributed by atoms with E-state index < -0.39 is 0 Å². The summed E-state index contributed by atoms with van der Waals surface area (Å²) < 4.78 is 5.14. The van der Waals surface area contributed by atoms with Gasteiger partial charge in [-0.05, 0) is 30.4 Å². The Kier molecular flexibility index (Phi) is 9.50. The summed E-state index contributed by atoms with van der Waals surface area (Å²) >= 11 is 0. The second-order valence-electron chi connectivity index (χ2n) is 7.57. The third kappa shape index (κ3) is 6.34. The number of methoxy groups -OCH3 is 1. The quantitative estimate of drug-likeness (QED) is 0.358. The normalized spacial score (nSPS) is 20.1. The van der Waals surface area contributed by atoms with Gasteiger partial charge in [-0.2, -0.15) is 0 Å². The zero-order valence-corrected chi connectivity index (χ0v) is 19.3. The molecule has 1 aromatic carbocycles. The highest BCUT2D eigenvalue weighted by atomic mass is 127. The molecule has 0 bridgehead atoms. The molecule has 2 aliphatic rings. The summed E-state index contributed by atoms with van der Waals surface area (Å²) in [4.78, 5) is 18.9. The second kappa shape index (κ2) is 11.6. The maximum absolute atomic E-state index is 12.6. The minimum Gasteiger partial charge on any atom is -0.380 e. The molecule has 1 aliphatic heterocycles. The van der Waals surface area contributed by atoms with Gasteiger partial charge in [-0.1, -0.05) is 37.1 Å². The minimum atomic E-state index is 0. The summed E-state index contributed by atoms with van der Waals surface area (Å²) in [7, 11) is 3.49. The summed E-state index contributed by atoms with van der Waals surface area (Å²) in [6, 6.07) is 8.64. The van der Waals surface area contributed by atoms with Gasteiger partial charge < -0.3 is 20.3 Å². The van der Waals surface area contributed by atoms with Crippen LogP contribution in [0.2, 0.25) is 0 Å². The highest BCUT2D eigenvalue weighted by molar-refractivity contribution is 14.0. The monoisotopic (exact) mass is 500 g/mol. The molecule has 6 nitrogen and oxygen atoms in total. The fourth-order valence-electron chi connectivity index (χ4n) is 4.00. The summed E-state index contributed by atoms with van der Waals surface area (Å²) in [5.41, 5.74) is 2.36. The first-order valence-corrected chi connectivity index (χ1v) is 10.0. The summed E-state index contributed by atoms with van der Waals surface area (Å²) in [5, 5.41) is 6.84. The van der Waals surface area contributed by atoms with Crippen molar-refractivity contribution in [3.63, 3.8) is 0 Å². The molecule has 156 valence electrons. The third-order valence-electron chi connectivity index (χ3n) is 5.56. The molecule has 2 N–H and O–H groups in total. The first kappa shape index (κ1) is 22.9. The molecule has 1 saturated heterocycles. The summed E-state index contributed by atoms with van der Waals surface area (Å²) in [6.45, 7) is 2.98. The summed E-state index contributed by atoms with van der Waals surface area (Å²) in [6.07, 6.45) is 5.52. The predicted molar refractivity (Wildman–Crippen MR) is 123 cm³/mol. The number of carbonyl (C=O) groups is 1. The van der Waals surface area contributed by atoms with E-state index in [-0.39, 0.29) is 35.9 Å². The predicted octanol–water partition coefficient (Wildman–Crippen LogP) is 2.91. The third-order valence-corrected chi connectivity index (χ3v) is 5.56. The van der Waals surface area contributed by atoms with Crippen LogP contribution in [0.4, 0.5) is 0 Å². The van der Waals surface area contributed by atoms with Crippen LogP contribution in [0.1, 0.15) is 43.2 Å². The number of ether oxygens (including phenoxy) is 1. The van der Waals surface area contributed by atoms with E-state index in [1.807, 2.05) is 4.90 Å². The van der Waals surface area contributed by atoms with Crippen LogP contribution < -0.4 is 10.6 Å². The van der Waals surface area contributed by atoms with E-state index in [0.717, 1.165) is 38.3 Å². The maximum atomic E-state index is 12.6. The van der Waals surface area contributed by atoms with Crippen molar-refractivity contribution in [1.29, 1.82) is 0 Å². The van der Waals surface area contributed by atoms with E-state index in [4.69, 9.17) is 4.74 Å². The molecule has 1 unspecified atom stereocenters. The van der Waals surface area contributed by atoms with Crippen LogP contribution in [0.5, 0.6) is 0 Å². The maximum Gasteiger partial charge on any atom is 0.225 e. The topological polar surface area (TPSA) is 66.0 Å².